The lowest BCUT2D eigenvalue weighted by atomic mass is 10.1. The summed E-state index contributed by atoms with van der Waals surface area (Å²) >= 11 is 0. The summed E-state index contributed by atoms with van der Waals surface area (Å²) in [7, 11) is 0. The van der Waals surface area contributed by atoms with Crippen LogP contribution in [-0.4, -0.2) is 0 Å². The predicted octanol–water partition coefficient (Wildman–Crippen LogP) is 2.98. The molecule has 0 fully saturated rings. The highest BCUT2D eigenvalue weighted by atomic mass is 13.9. The Bertz CT molecular complexity index is 98.6. The summed E-state index contributed by atoms with van der Waals surface area (Å²) in [6, 6.07) is 0. The second-order valence-electron chi connectivity index (χ2n) is 2.03. The first kappa shape index (κ1) is 8.48. The van der Waals surface area contributed by atoms with Gasteiger partial charge in [-0.25, -0.2) is 0 Å². The maximum Gasteiger partial charge on any atom is -0.00533 e. The minimum atomic E-state index is 0.356. The zero-order valence-corrected chi connectivity index (χ0v) is 6.30. The Labute approximate surface area is 58.3 Å². The van der Waals surface area contributed by atoms with Crippen LogP contribution in [0.15, 0.2) is 24.3 Å². The summed E-state index contributed by atoms with van der Waals surface area (Å²) in [6.07, 6.45) is 9.45. The Morgan fingerprint density at radius 1 is 1.44 bits per heavy atom. The molecule has 0 nitrogen and oxygen atoms in total. The third-order valence-electron chi connectivity index (χ3n) is 1.06. The zero-order valence-electron chi connectivity index (χ0n) is 6.30. The van der Waals surface area contributed by atoms with Gasteiger partial charge in [-0.05, 0) is 26.2 Å². The van der Waals surface area contributed by atoms with Crippen molar-refractivity contribution >= 4 is 0 Å². The molecule has 0 aromatic carbocycles. The Balaban J connectivity index is 3.48. The molecular formula is C9H15. The molecule has 51 valence electrons. The van der Waals surface area contributed by atoms with Crippen LogP contribution in [-0.2, 0) is 0 Å². The molecule has 0 N–H and O–H groups in total. The van der Waals surface area contributed by atoms with Gasteiger partial charge in [0.25, 0.3) is 0 Å². The van der Waals surface area contributed by atoms with E-state index in [1.54, 1.807) is 0 Å². The molecule has 0 saturated heterocycles. The second-order valence-corrected chi connectivity index (χ2v) is 2.03. The lowest BCUT2D eigenvalue weighted by molar-refractivity contribution is 1.04. The van der Waals surface area contributed by atoms with Crippen LogP contribution in [0.2, 0.25) is 0 Å². The van der Waals surface area contributed by atoms with E-state index < -0.39 is 0 Å². The summed E-state index contributed by atoms with van der Waals surface area (Å²) in [6.45, 7) is 8.03. The SMILES string of the molecule is [CH2]C(/C=C/C)/C=C/CC. The van der Waals surface area contributed by atoms with Gasteiger partial charge in [0.05, 0.1) is 0 Å². The Hall–Kier alpha value is -0.520. The van der Waals surface area contributed by atoms with Crippen LogP contribution in [0.3, 0.4) is 0 Å². The fourth-order valence-corrected chi connectivity index (χ4v) is 0.622. The molecule has 0 aromatic rings. The molecule has 1 atom stereocenters. The van der Waals surface area contributed by atoms with Crippen molar-refractivity contribution in [2.45, 2.75) is 20.3 Å². The molecule has 0 spiro atoms. The molecule has 0 rings (SSSR count). The van der Waals surface area contributed by atoms with Crippen molar-refractivity contribution in [2.75, 3.05) is 0 Å². The van der Waals surface area contributed by atoms with Crippen molar-refractivity contribution < 1.29 is 0 Å². The van der Waals surface area contributed by atoms with E-state index >= 15 is 0 Å². The van der Waals surface area contributed by atoms with E-state index in [0.717, 1.165) is 6.42 Å². The van der Waals surface area contributed by atoms with Crippen molar-refractivity contribution in [2.24, 2.45) is 5.92 Å². The van der Waals surface area contributed by atoms with Crippen LogP contribution < -0.4 is 0 Å². The molecule has 0 bridgehead atoms. The molecular weight excluding hydrogens is 108 g/mol. The molecule has 1 radical (unpaired) electrons. The topological polar surface area (TPSA) is 0 Å². The van der Waals surface area contributed by atoms with Gasteiger partial charge in [0.1, 0.15) is 0 Å². The van der Waals surface area contributed by atoms with E-state index in [2.05, 4.69) is 32.1 Å². The van der Waals surface area contributed by atoms with Gasteiger partial charge in [0.15, 0.2) is 0 Å². The van der Waals surface area contributed by atoms with Crippen molar-refractivity contribution in [1.29, 1.82) is 0 Å². The molecule has 0 aromatic heterocycles. The van der Waals surface area contributed by atoms with Crippen LogP contribution in [0.25, 0.3) is 0 Å². The van der Waals surface area contributed by atoms with Crippen molar-refractivity contribution in [1.82, 2.24) is 0 Å². The first-order chi connectivity index (χ1) is 4.31. The predicted molar refractivity (Wildman–Crippen MR) is 43.1 cm³/mol. The number of allylic oxidation sites excluding steroid dienone is 4. The van der Waals surface area contributed by atoms with Crippen LogP contribution in [0.5, 0.6) is 0 Å². The molecule has 0 aliphatic rings. The van der Waals surface area contributed by atoms with Gasteiger partial charge < -0.3 is 0 Å². The molecule has 1 unspecified atom stereocenters. The van der Waals surface area contributed by atoms with Crippen LogP contribution >= 0.6 is 0 Å². The summed E-state index contributed by atoms with van der Waals surface area (Å²) in [5, 5.41) is 0. The minimum absolute atomic E-state index is 0.356. The van der Waals surface area contributed by atoms with Gasteiger partial charge in [0.2, 0.25) is 0 Å². The van der Waals surface area contributed by atoms with Crippen molar-refractivity contribution in [3.8, 4) is 0 Å². The largest absolute Gasteiger partial charge is 0.0911 e. The third kappa shape index (κ3) is 5.35. The van der Waals surface area contributed by atoms with Crippen LogP contribution in [0.1, 0.15) is 20.3 Å². The fraction of sp³-hybridized carbons (Fsp3) is 0.444. The Morgan fingerprint density at radius 2 is 2.11 bits per heavy atom. The van der Waals surface area contributed by atoms with Gasteiger partial charge >= 0.3 is 0 Å². The Morgan fingerprint density at radius 3 is 2.56 bits per heavy atom. The molecule has 0 saturated carbocycles. The van der Waals surface area contributed by atoms with E-state index in [1.165, 1.54) is 0 Å². The summed E-state index contributed by atoms with van der Waals surface area (Å²) in [5.74, 6) is 0.356. The quantitative estimate of drug-likeness (QED) is 0.506. The fourth-order valence-electron chi connectivity index (χ4n) is 0.622. The average molecular weight is 123 g/mol. The molecule has 9 heavy (non-hydrogen) atoms. The van der Waals surface area contributed by atoms with Gasteiger partial charge in [-0.3, -0.25) is 0 Å². The Kier molecular flexibility index (Phi) is 5.29. The monoisotopic (exact) mass is 123 g/mol. The number of rotatable bonds is 3. The highest BCUT2D eigenvalue weighted by Crippen LogP contribution is 1.98. The molecule has 0 heterocycles. The van der Waals surface area contributed by atoms with E-state index in [0.29, 0.717) is 5.92 Å². The van der Waals surface area contributed by atoms with Gasteiger partial charge in [-0.2, -0.15) is 0 Å². The maximum atomic E-state index is 3.89. The normalized spacial score (nSPS) is 15.4. The van der Waals surface area contributed by atoms with E-state index in [-0.39, 0.29) is 0 Å². The highest BCUT2D eigenvalue weighted by Gasteiger charge is 1.84. The first-order valence-electron chi connectivity index (χ1n) is 3.43. The average Bonchev–Trinajstić information content (AvgIpc) is 1.85. The lowest BCUT2D eigenvalue weighted by Gasteiger charge is -1.93. The third-order valence-corrected chi connectivity index (χ3v) is 1.06. The van der Waals surface area contributed by atoms with Crippen molar-refractivity contribution in [3.05, 3.63) is 31.2 Å². The highest BCUT2D eigenvalue weighted by molar-refractivity contribution is 5.00. The van der Waals surface area contributed by atoms with Gasteiger partial charge in [0, 0.05) is 0 Å². The molecule has 0 aliphatic carbocycles. The van der Waals surface area contributed by atoms with Crippen LogP contribution in [0, 0.1) is 12.8 Å². The second kappa shape index (κ2) is 5.61. The van der Waals surface area contributed by atoms with Gasteiger partial charge in [-0.15, -0.1) is 0 Å². The molecule has 0 aliphatic heterocycles. The molecule has 0 amide bonds. The van der Waals surface area contributed by atoms with Crippen LogP contribution in [0.4, 0.5) is 0 Å². The minimum Gasteiger partial charge on any atom is -0.0911 e. The van der Waals surface area contributed by atoms with Gasteiger partial charge in [-0.1, -0.05) is 31.2 Å². The lowest BCUT2D eigenvalue weighted by Crippen LogP contribution is -1.80. The van der Waals surface area contributed by atoms with Crippen molar-refractivity contribution in [3.63, 3.8) is 0 Å². The summed E-state index contributed by atoms with van der Waals surface area (Å²) in [4.78, 5) is 0. The zero-order chi connectivity index (χ0) is 7.11. The standard InChI is InChI=1S/C9H15/c1-4-6-8-9(3)7-5-2/h5-9H,3-4H2,1-2H3/b7-5+,8-6+. The number of hydrogen-bond donors (Lipinski definition) is 0. The van der Waals surface area contributed by atoms with E-state index in [9.17, 15) is 0 Å². The summed E-state index contributed by atoms with van der Waals surface area (Å²) < 4.78 is 0. The maximum absolute atomic E-state index is 3.89. The van der Waals surface area contributed by atoms with E-state index in [1.807, 2.05) is 13.0 Å². The first-order valence-corrected chi connectivity index (χ1v) is 3.43. The van der Waals surface area contributed by atoms with E-state index in [4.69, 9.17) is 0 Å². The summed E-state index contributed by atoms with van der Waals surface area (Å²) in [5.41, 5.74) is 0. The smallest absolute Gasteiger partial charge is 0.00533 e. The number of hydrogen-bond acceptors (Lipinski definition) is 0. The molecule has 0 heteroatoms.